The van der Waals surface area contributed by atoms with Crippen LogP contribution in [-0.2, 0) is 42.9 Å². The molecule has 2 amide bonds. The molecule has 1 aromatic carbocycles. The van der Waals surface area contributed by atoms with Gasteiger partial charge in [-0.3, -0.25) is 10.00 Å². The molecule has 1 saturated heterocycles. The number of urea groups is 1. The van der Waals surface area contributed by atoms with Crippen molar-refractivity contribution in [2.45, 2.75) is 44.6 Å². The van der Waals surface area contributed by atoms with Crippen molar-refractivity contribution in [3.63, 3.8) is 0 Å². The van der Waals surface area contributed by atoms with Crippen molar-refractivity contribution in [2.24, 2.45) is 7.05 Å². The number of carbonyl (C=O) groups excluding carboxylic acids is 1. The van der Waals surface area contributed by atoms with Crippen LogP contribution in [0.2, 0.25) is 0 Å². The van der Waals surface area contributed by atoms with Gasteiger partial charge >= 0.3 is 16.2 Å². The molecule has 0 spiro atoms. The summed E-state index contributed by atoms with van der Waals surface area (Å²) in [6.45, 7) is 0.950. The van der Waals surface area contributed by atoms with Gasteiger partial charge in [0.15, 0.2) is 0 Å². The van der Waals surface area contributed by atoms with Gasteiger partial charge in [-0.15, -0.1) is 0 Å². The van der Waals surface area contributed by atoms with Gasteiger partial charge < -0.3 is 10.1 Å². The first kappa shape index (κ1) is 21.4. The molecule has 32 heavy (non-hydrogen) atoms. The number of hydrogen-bond acceptors (Lipinski definition) is 6. The van der Waals surface area contributed by atoms with Crippen LogP contribution in [0.5, 0.6) is 0 Å². The summed E-state index contributed by atoms with van der Waals surface area (Å²) in [6, 6.07) is 0.702. The van der Waals surface area contributed by atoms with Crippen LogP contribution in [0.1, 0.15) is 35.1 Å². The number of anilines is 2. The van der Waals surface area contributed by atoms with Crippen LogP contribution in [-0.4, -0.2) is 55.3 Å². The first-order valence-electron chi connectivity index (χ1n) is 11.0. The number of hydrogen-bond donors (Lipinski definition) is 2. The Bertz CT molecular complexity index is 1140. The summed E-state index contributed by atoms with van der Waals surface area (Å²) in [6.07, 6.45) is 8.48. The number of quaternary nitrogens is 1. The largest absolute Gasteiger partial charge is 0.608 e. The summed E-state index contributed by atoms with van der Waals surface area (Å²) >= 11 is 0. The zero-order valence-corrected chi connectivity index (χ0v) is 19.1. The first-order chi connectivity index (χ1) is 15.3. The normalized spacial score (nSPS) is 19.3. The minimum absolute atomic E-state index is 0.285. The van der Waals surface area contributed by atoms with Gasteiger partial charge in [-0.2, -0.15) is 18.0 Å². The van der Waals surface area contributed by atoms with E-state index in [1.807, 2.05) is 11.9 Å². The molecular formula is C21H28N6O4S. The van der Waals surface area contributed by atoms with Crippen molar-refractivity contribution in [1.29, 1.82) is 0 Å². The second-order valence-corrected chi connectivity index (χ2v) is 10.7. The lowest BCUT2D eigenvalue weighted by Crippen LogP contribution is -3.14. The number of fused-ring (bicyclic) bond motifs is 2. The third-order valence-electron chi connectivity index (χ3n) is 6.71. The Morgan fingerprint density at radius 1 is 1.16 bits per heavy atom. The second kappa shape index (κ2) is 7.84. The molecular weight excluding hydrogens is 432 g/mol. The zero-order chi connectivity index (χ0) is 22.6. The average molecular weight is 461 g/mol. The summed E-state index contributed by atoms with van der Waals surface area (Å²) < 4.78 is 27.8. The van der Waals surface area contributed by atoms with Crippen LogP contribution in [0.3, 0.4) is 0 Å². The number of aromatic nitrogens is 2. The lowest BCUT2D eigenvalue weighted by molar-refractivity contribution is -0.604. The Morgan fingerprint density at radius 2 is 1.78 bits per heavy atom. The summed E-state index contributed by atoms with van der Waals surface area (Å²) in [4.78, 5) is 14.9. The summed E-state index contributed by atoms with van der Waals surface area (Å²) in [7, 11) is -1.03. The van der Waals surface area contributed by atoms with E-state index in [2.05, 4.69) is 16.5 Å². The number of hydroxylamine groups is 1. The summed E-state index contributed by atoms with van der Waals surface area (Å²) in [5.41, 5.74) is 5.45. The number of rotatable bonds is 5. The maximum atomic E-state index is 13.3. The molecule has 2 aliphatic carbocycles. The van der Waals surface area contributed by atoms with Crippen LogP contribution in [0.25, 0.3) is 0 Å². The predicted molar refractivity (Wildman–Crippen MR) is 120 cm³/mol. The number of likely N-dealkylation sites (N-methyl/N-ethyl adjacent to an activating group) is 1. The Kier molecular flexibility index (Phi) is 5.24. The van der Waals surface area contributed by atoms with Crippen LogP contribution in [0, 0.1) is 5.21 Å². The molecule has 10 nitrogen and oxygen atoms in total. The highest BCUT2D eigenvalue weighted by molar-refractivity contribution is 7.86. The fourth-order valence-corrected chi connectivity index (χ4v) is 6.58. The molecule has 5 rings (SSSR count). The Labute approximate surface area is 187 Å². The van der Waals surface area contributed by atoms with Gasteiger partial charge in [0, 0.05) is 26.3 Å². The fourth-order valence-electron chi connectivity index (χ4n) is 5.22. The molecule has 1 aliphatic heterocycles. The smallest absolute Gasteiger partial charge is 0.436 e. The number of nitrogens with one attached hydrogen (secondary N) is 2. The van der Waals surface area contributed by atoms with Gasteiger partial charge in [-0.25, -0.2) is 9.10 Å². The fraction of sp³-hybridized carbons (Fsp3) is 0.524. The van der Waals surface area contributed by atoms with Crippen molar-refractivity contribution in [2.75, 3.05) is 29.8 Å². The number of amides is 2. The minimum Gasteiger partial charge on any atom is -0.608 e. The van der Waals surface area contributed by atoms with E-state index in [-0.39, 0.29) is 5.69 Å². The van der Waals surface area contributed by atoms with Crippen molar-refractivity contribution in [1.82, 2.24) is 14.7 Å². The maximum Gasteiger partial charge on any atom is 0.436 e. The second-order valence-electron chi connectivity index (χ2n) is 9.02. The molecule has 1 aromatic heterocycles. The van der Waals surface area contributed by atoms with Gasteiger partial charge in [0.1, 0.15) is 0 Å². The van der Waals surface area contributed by atoms with Gasteiger partial charge in [0.25, 0.3) is 0 Å². The van der Waals surface area contributed by atoms with E-state index in [4.69, 9.17) is 0 Å². The molecule has 0 radical (unpaired) electrons. The third-order valence-corrected chi connectivity index (χ3v) is 8.39. The van der Waals surface area contributed by atoms with E-state index >= 15 is 0 Å². The number of aryl methyl sites for hydroxylation is 3. The standard InChI is InChI=1S/C21H28N6O4S/c1-24-11-17(12-24)26(16-10-22-25(2)13-16)32(30,31)27(29)21(28)23-20-18-7-3-5-14(18)9-15-6-4-8-19(15)20/h9-10,13,17,27H,3-8,11-12H2,1-2H3,(H,23,28). The molecule has 0 saturated carbocycles. The lowest BCUT2D eigenvalue weighted by Gasteiger charge is -2.43. The highest BCUT2D eigenvalue weighted by Crippen LogP contribution is 2.38. The van der Waals surface area contributed by atoms with E-state index in [9.17, 15) is 18.4 Å². The van der Waals surface area contributed by atoms with Gasteiger partial charge in [0.2, 0.25) is 0 Å². The molecule has 1 fully saturated rings. The Balaban J connectivity index is 1.44. The highest BCUT2D eigenvalue weighted by atomic mass is 32.2. The molecule has 1 atom stereocenters. The topological polar surface area (TPSA) is 115 Å². The quantitative estimate of drug-likeness (QED) is 0.624. The molecule has 0 bridgehead atoms. The molecule has 3 aliphatic rings. The number of nitrogens with zero attached hydrogens (tertiary/aromatic N) is 4. The zero-order valence-electron chi connectivity index (χ0n) is 18.3. The van der Waals surface area contributed by atoms with Crippen LogP contribution in [0.4, 0.5) is 16.2 Å². The van der Waals surface area contributed by atoms with E-state index in [0.29, 0.717) is 18.8 Å². The molecule has 172 valence electrons. The number of likely N-dealkylation sites (tertiary alicyclic amines) is 1. The predicted octanol–water partition coefficient (Wildman–Crippen LogP) is 0.378. The highest BCUT2D eigenvalue weighted by Gasteiger charge is 2.43. The monoisotopic (exact) mass is 460 g/mol. The molecule has 2 N–H and O–H groups in total. The van der Waals surface area contributed by atoms with Gasteiger partial charge in [-0.1, -0.05) is 6.07 Å². The van der Waals surface area contributed by atoms with Crippen molar-refractivity contribution < 1.29 is 17.7 Å². The Morgan fingerprint density at radius 3 is 2.31 bits per heavy atom. The van der Waals surface area contributed by atoms with Crippen LogP contribution >= 0.6 is 0 Å². The summed E-state index contributed by atoms with van der Waals surface area (Å²) in [5, 5.41) is 19.8. The molecule has 2 aromatic rings. The van der Waals surface area contributed by atoms with Crippen LogP contribution in [0.15, 0.2) is 18.5 Å². The minimum atomic E-state index is -4.57. The number of carbonyl (C=O) groups is 1. The van der Waals surface area contributed by atoms with Crippen LogP contribution < -0.4 is 14.1 Å². The molecule has 1 unspecified atom stereocenters. The average Bonchev–Trinajstić information content (AvgIpc) is 3.46. The molecule has 2 heterocycles. The van der Waals surface area contributed by atoms with E-state index < -0.39 is 26.8 Å². The molecule has 11 heteroatoms. The van der Waals surface area contributed by atoms with Crippen molar-refractivity contribution >= 4 is 27.6 Å². The van der Waals surface area contributed by atoms with E-state index in [1.54, 1.807) is 7.05 Å². The third kappa shape index (κ3) is 3.49. The van der Waals surface area contributed by atoms with E-state index in [1.165, 1.54) is 28.2 Å². The lowest BCUT2D eigenvalue weighted by atomic mass is 9.99. The maximum absolute atomic E-state index is 13.3. The van der Waals surface area contributed by atoms with E-state index in [0.717, 1.165) is 54.0 Å². The first-order valence-corrected chi connectivity index (χ1v) is 12.4. The summed E-state index contributed by atoms with van der Waals surface area (Å²) in [5.74, 6) is 0. The van der Waals surface area contributed by atoms with Gasteiger partial charge in [0.05, 0.1) is 23.6 Å². The van der Waals surface area contributed by atoms with Crippen molar-refractivity contribution in [3.8, 4) is 0 Å². The van der Waals surface area contributed by atoms with Crippen molar-refractivity contribution in [3.05, 3.63) is 45.9 Å². The van der Waals surface area contributed by atoms with Gasteiger partial charge in [-0.05, 0) is 67.8 Å². The SMILES string of the molecule is CN1CC(N(c2cnn(C)c2)S(=O)(=O)[NH+]([O-])C(=O)Nc2c3c(cc4c2CCC4)CCC3)C1. The Hall–Kier alpha value is -2.47. The number of benzene rings is 1.